The van der Waals surface area contributed by atoms with Gasteiger partial charge in [-0.2, -0.15) is 0 Å². The van der Waals surface area contributed by atoms with E-state index in [1.807, 2.05) is 24.3 Å². The average molecular weight is 336 g/mol. The van der Waals surface area contributed by atoms with Crippen LogP contribution in [0.15, 0.2) is 48.0 Å². The summed E-state index contributed by atoms with van der Waals surface area (Å²) >= 11 is 12.0. The van der Waals surface area contributed by atoms with Crippen LogP contribution in [0.2, 0.25) is 10.0 Å². The fourth-order valence-electron chi connectivity index (χ4n) is 2.15. The van der Waals surface area contributed by atoms with Crippen LogP contribution < -0.4 is 4.74 Å². The zero-order chi connectivity index (χ0) is 16.1. The summed E-state index contributed by atoms with van der Waals surface area (Å²) in [6.07, 6.45) is 2.17. The van der Waals surface area contributed by atoms with E-state index in [2.05, 4.69) is 32.0 Å². The minimum absolute atomic E-state index is 0.498. The normalized spacial score (nSPS) is 11.8. The molecule has 0 aliphatic heterocycles. The van der Waals surface area contributed by atoms with Crippen LogP contribution in [0.1, 0.15) is 12.5 Å². The lowest BCUT2D eigenvalue weighted by Gasteiger charge is -2.10. The first-order valence-electron chi connectivity index (χ1n) is 6.99. The number of nitrogens with zero attached hydrogens (tertiary/aromatic N) is 1. The molecule has 4 heteroatoms. The van der Waals surface area contributed by atoms with Crippen molar-refractivity contribution in [1.29, 1.82) is 0 Å². The highest BCUT2D eigenvalue weighted by Gasteiger charge is 2.04. The molecule has 0 spiro atoms. The van der Waals surface area contributed by atoms with E-state index in [1.165, 1.54) is 5.57 Å². The zero-order valence-electron chi connectivity index (χ0n) is 12.9. The Labute approximate surface area is 141 Å². The van der Waals surface area contributed by atoms with E-state index in [9.17, 15) is 0 Å². The second kappa shape index (κ2) is 7.68. The maximum absolute atomic E-state index is 6.10. The summed E-state index contributed by atoms with van der Waals surface area (Å²) in [6, 6.07) is 13.1. The van der Waals surface area contributed by atoms with E-state index in [0.717, 1.165) is 17.9 Å². The molecule has 2 rings (SSSR count). The molecule has 2 aromatic carbocycles. The summed E-state index contributed by atoms with van der Waals surface area (Å²) in [5.74, 6) is 1.34. The van der Waals surface area contributed by atoms with Crippen molar-refractivity contribution in [3.63, 3.8) is 0 Å². The van der Waals surface area contributed by atoms with Crippen molar-refractivity contribution < 1.29 is 4.74 Å². The Bertz CT molecular complexity index is 663. The first kappa shape index (κ1) is 16.9. The molecule has 0 radical (unpaired) electrons. The molecule has 0 amide bonds. The Balaban J connectivity index is 2.09. The molecule has 0 unspecified atom stereocenters. The molecule has 22 heavy (non-hydrogen) atoms. The summed E-state index contributed by atoms with van der Waals surface area (Å²) in [5, 5.41) is 1.09. The predicted molar refractivity (Wildman–Crippen MR) is 95.2 cm³/mol. The molecule has 0 saturated heterocycles. The van der Waals surface area contributed by atoms with Gasteiger partial charge in [-0.15, -0.1) is 0 Å². The molecular formula is C18H19Cl2NO. The van der Waals surface area contributed by atoms with Crippen LogP contribution >= 0.6 is 23.2 Å². The highest BCUT2D eigenvalue weighted by Crippen LogP contribution is 2.31. The van der Waals surface area contributed by atoms with Crippen molar-refractivity contribution in [2.75, 3.05) is 20.6 Å². The van der Waals surface area contributed by atoms with Gasteiger partial charge in [0.15, 0.2) is 0 Å². The van der Waals surface area contributed by atoms with E-state index < -0.39 is 0 Å². The molecule has 0 aromatic heterocycles. The third kappa shape index (κ3) is 5.06. The smallest absolute Gasteiger partial charge is 0.146 e. The van der Waals surface area contributed by atoms with Crippen LogP contribution in [0.5, 0.6) is 11.5 Å². The molecule has 0 aliphatic carbocycles. The van der Waals surface area contributed by atoms with Crippen molar-refractivity contribution in [3.05, 3.63) is 63.6 Å². The van der Waals surface area contributed by atoms with Crippen molar-refractivity contribution in [2.24, 2.45) is 0 Å². The maximum atomic E-state index is 6.10. The van der Waals surface area contributed by atoms with E-state index in [0.29, 0.717) is 15.8 Å². The molecule has 0 N–H and O–H groups in total. The molecule has 0 heterocycles. The van der Waals surface area contributed by atoms with Crippen molar-refractivity contribution >= 4 is 29.3 Å². The molecule has 116 valence electrons. The van der Waals surface area contributed by atoms with Gasteiger partial charge in [0.1, 0.15) is 11.5 Å². The highest BCUT2D eigenvalue weighted by molar-refractivity contribution is 6.35. The number of hydrogen-bond acceptors (Lipinski definition) is 2. The SMILES string of the molecule is CC(=Cc1ccc(Oc2ccc(Cl)cc2Cl)cc1)CN(C)C. The van der Waals surface area contributed by atoms with Gasteiger partial charge in [0.2, 0.25) is 0 Å². The number of hydrogen-bond donors (Lipinski definition) is 0. The number of ether oxygens (including phenoxy) is 1. The average Bonchev–Trinajstić information content (AvgIpc) is 2.43. The minimum atomic E-state index is 0.498. The summed E-state index contributed by atoms with van der Waals surface area (Å²) in [5.41, 5.74) is 2.45. The molecule has 0 bridgehead atoms. The van der Waals surface area contributed by atoms with Gasteiger partial charge in [0.25, 0.3) is 0 Å². The highest BCUT2D eigenvalue weighted by atomic mass is 35.5. The van der Waals surface area contributed by atoms with Crippen molar-refractivity contribution in [2.45, 2.75) is 6.92 Å². The summed E-state index contributed by atoms with van der Waals surface area (Å²) in [7, 11) is 4.12. The fraction of sp³-hybridized carbons (Fsp3) is 0.222. The fourth-order valence-corrected chi connectivity index (χ4v) is 2.59. The van der Waals surface area contributed by atoms with Gasteiger partial charge < -0.3 is 9.64 Å². The molecule has 2 aromatic rings. The van der Waals surface area contributed by atoms with Gasteiger partial charge in [-0.3, -0.25) is 0 Å². The van der Waals surface area contributed by atoms with E-state index in [4.69, 9.17) is 27.9 Å². The second-order valence-corrected chi connectivity index (χ2v) is 6.32. The Morgan fingerprint density at radius 2 is 1.77 bits per heavy atom. The molecule has 0 atom stereocenters. The van der Waals surface area contributed by atoms with E-state index in [1.54, 1.807) is 18.2 Å². The lowest BCUT2D eigenvalue weighted by molar-refractivity contribution is 0.446. The third-order valence-corrected chi connectivity index (χ3v) is 3.51. The maximum Gasteiger partial charge on any atom is 0.146 e. The van der Waals surface area contributed by atoms with Gasteiger partial charge in [0.05, 0.1) is 5.02 Å². The standard InChI is InChI=1S/C18H19Cl2NO/c1-13(12-21(2)3)10-14-4-7-16(8-5-14)22-18-9-6-15(19)11-17(18)20/h4-11H,12H2,1-3H3. The zero-order valence-corrected chi connectivity index (χ0v) is 14.4. The van der Waals surface area contributed by atoms with Crippen LogP contribution in [-0.2, 0) is 0 Å². The number of likely N-dealkylation sites (N-methyl/N-ethyl adjacent to an activating group) is 1. The monoisotopic (exact) mass is 335 g/mol. The van der Waals surface area contributed by atoms with Crippen LogP contribution in [0.3, 0.4) is 0 Å². The Morgan fingerprint density at radius 1 is 1.09 bits per heavy atom. The van der Waals surface area contributed by atoms with Crippen LogP contribution in [0.4, 0.5) is 0 Å². The molecule has 0 aliphatic rings. The number of benzene rings is 2. The minimum Gasteiger partial charge on any atom is -0.456 e. The second-order valence-electron chi connectivity index (χ2n) is 5.47. The van der Waals surface area contributed by atoms with Gasteiger partial charge >= 0.3 is 0 Å². The number of rotatable bonds is 5. The number of halogens is 2. The van der Waals surface area contributed by atoms with Crippen LogP contribution in [0.25, 0.3) is 6.08 Å². The van der Waals surface area contributed by atoms with Gasteiger partial charge in [-0.25, -0.2) is 0 Å². The lowest BCUT2D eigenvalue weighted by atomic mass is 10.1. The Kier molecular flexibility index (Phi) is 5.90. The summed E-state index contributed by atoms with van der Waals surface area (Å²) in [4.78, 5) is 2.14. The van der Waals surface area contributed by atoms with Gasteiger partial charge in [-0.1, -0.05) is 47.0 Å². The van der Waals surface area contributed by atoms with E-state index in [-0.39, 0.29) is 0 Å². The van der Waals surface area contributed by atoms with Crippen LogP contribution in [-0.4, -0.2) is 25.5 Å². The molecule has 0 fully saturated rings. The molecule has 2 nitrogen and oxygen atoms in total. The van der Waals surface area contributed by atoms with Crippen molar-refractivity contribution in [3.8, 4) is 11.5 Å². The molecule has 0 saturated carbocycles. The molecular weight excluding hydrogens is 317 g/mol. The lowest BCUT2D eigenvalue weighted by Crippen LogP contribution is -2.13. The summed E-state index contributed by atoms with van der Waals surface area (Å²) in [6.45, 7) is 3.07. The van der Waals surface area contributed by atoms with Crippen molar-refractivity contribution in [1.82, 2.24) is 4.90 Å². The first-order valence-corrected chi connectivity index (χ1v) is 7.74. The largest absolute Gasteiger partial charge is 0.456 e. The van der Waals surface area contributed by atoms with Gasteiger partial charge in [-0.05, 0) is 56.9 Å². The predicted octanol–water partition coefficient (Wildman–Crippen LogP) is 5.75. The first-order chi connectivity index (χ1) is 10.4. The topological polar surface area (TPSA) is 12.5 Å². The third-order valence-electron chi connectivity index (χ3n) is 2.98. The van der Waals surface area contributed by atoms with Gasteiger partial charge in [0, 0.05) is 11.6 Å². The Hall–Kier alpha value is -1.48. The quantitative estimate of drug-likeness (QED) is 0.689. The summed E-state index contributed by atoms with van der Waals surface area (Å²) < 4.78 is 5.77. The van der Waals surface area contributed by atoms with E-state index >= 15 is 0 Å². The van der Waals surface area contributed by atoms with Crippen LogP contribution in [0, 0.1) is 0 Å². The Morgan fingerprint density at radius 3 is 2.36 bits per heavy atom.